The number of hydrogen-bond donors (Lipinski definition) is 3. The third kappa shape index (κ3) is 11.3. The van der Waals surface area contributed by atoms with Crippen molar-refractivity contribution in [3.63, 3.8) is 0 Å². The van der Waals surface area contributed by atoms with Gasteiger partial charge in [-0.25, -0.2) is 5.48 Å². The van der Waals surface area contributed by atoms with Gasteiger partial charge in [0.15, 0.2) is 0 Å². The molecule has 3 nitrogen and oxygen atoms in total. The highest BCUT2D eigenvalue weighted by molar-refractivity contribution is 5.51. The molecule has 1 aromatic carbocycles. The predicted molar refractivity (Wildman–Crippen MR) is 95.5 cm³/mol. The van der Waals surface area contributed by atoms with E-state index in [0.717, 1.165) is 19.0 Å². The van der Waals surface area contributed by atoms with E-state index >= 15 is 0 Å². The van der Waals surface area contributed by atoms with Crippen LogP contribution in [-0.4, -0.2) is 18.8 Å². The van der Waals surface area contributed by atoms with Crippen LogP contribution in [0.1, 0.15) is 65.3 Å². The summed E-state index contributed by atoms with van der Waals surface area (Å²) < 4.78 is 36.6. The van der Waals surface area contributed by atoms with Crippen molar-refractivity contribution in [1.29, 1.82) is 0 Å². The van der Waals surface area contributed by atoms with Crippen LogP contribution in [0.25, 0.3) is 0 Å². The molecule has 0 saturated carbocycles. The molecule has 142 valence electrons. The average Bonchev–Trinajstić information content (AvgIpc) is 2.57. The second-order valence-corrected chi connectivity index (χ2v) is 5.68. The third-order valence-electron chi connectivity index (χ3n) is 3.64. The molecule has 0 heterocycles. The van der Waals surface area contributed by atoms with Crippen molar-refractivity contribution in [2.45, 2.75) is 64.5 Å². The summed E-state index contributed by atoms with van der Waals surface area (Å²) in [5.74, 6) is 0. The quantitative estimate of drug-likeness (QED) is 0.353. The number of rotatable bonds is 10. The molecule has 0 unspecified atom stereocenters. The van der Waals surface area contributed by atoms with E-state index in [-0.39, 0.29) is 7.11 Å². The third-order valence-corrected chi connectivity index (χ3v) is 3.64. The van der Waals surface area contributed by atoms with Crippen LogP contribution in [0.2, 0.25) is 0 Å². The number of benzene rings is 1. The molecule has 0 aliphatic heterocycles. The van der Waals surface area contributed by atoms with Crippen LogP contribution < -0.4 is 10.8 Å². The van der Waals surface area contributed by atoms with Crippen molar-refractivity contribution < 1.29 is 19.8 Å². The first kappa shape index (κ1) is 22.7. The molecule has 1 aromatic rings. The SMILES string of the molecule is CCCCCCCCCCNO.CNc1ccccc1C(F)(F)F.[HH]. The van der Waals surface area contributed by atoms with E-state index in [0.29, 0.717) is 0 Å². The van der Waals surface area contributed by atoms with E-state index in [1.165, 1.54) is 64.1 Å². The summed E-state index contributed by atoms with van der Waals surface area (Å²) in [6.07, 6.45) is 6.27. The number of hydrogen-bond acceptors (Lipinski definition) is 3. The van der Waals surface area contributed by atoms with Crippen LogP contribution in [-0.2, 0) is 6.18 Å². The summed E-state index contributed by atoms with van der Waals surface area (Å²) in [6.45, 7) is 2.99. The van der Waals surface area contributed by atoms with Crippen molar-refractivity contribution in [3.8, 4) is 0 Å². The summed E-state index contributed by atoms with van der Waals surface area (Å²) in [5.41, 5.74) is 1.65. The van der Waals surface area contributed by atoms with Gasteiger partial charge in [0, 0.05) is 20.7 Å². The zero-order valence-corrected chi connectivity index (χ0v) is 14.8. The van der Waals surface area contributed by atoms with Gasteiger partial charge in [-0.3, -0.25) is 0 Å². The molecule has 6 heteroatoms. The number of unbranched alkanes of at least 4 members (excludes halogenated alkanes) is 7. The summed E-state index contributed by atoms with van der Waals surface area (Å²) in [6, 6.07) is 5.36. The normalized spacial score (nSPS) is 10.9. The maximum absolute atomic E-state index is 12.2. The zero-order valence-electron chi connectivity index (χ0n) is 14.8. The van der Waals surface area contributed by atoms with Crippen LogP contribution >= 0.6 is 0 Å². The van der Waals surface area contributed by atoms with Gasteiger partial charge in [-0.1, -0.05) is 64.0 Å². The Labute approximate surface area is 145 Å². The molecule has 0 fully saturated rings. The van der Waals surface area contributed by atoms with E-state index in [2.05, 4.69) is 17.7 Å². The summed E-state index contributed by atoms with van der Waals surface area (Å²) in [4.78, 5) is 0. The fourth-order valence-corrected chi connectivity index (χ4v) is 2.29. The van der Waals surface area contributed by atoms with E-state index in [4.69, 9.17) is 5.21 Å². The number of anilines is 1. The number of para-hydroxylation sites is 1. The van der Waals surface area contributed by atoms with E-state index in [9.17, 15) is 13.2 Å². The Morgan fingerprint density at radius 3 is 1.96 bits per heavy atom. The monoisotopic (exact) mass is 350 g/mol. The molecule has 1 rings (SSSR count). The Kier molecular flexibility index (Phi) is 13.4. The summed E-state index contributed by atoms with van der Waals surface area (Å²) >= 11 is 0. The van der Waals surface area contributed by atoms with Gasteiger partial charge >= 0.3 is 6.18 Å². The minimum Gasteiger partial charge on any atom is -0.388 e. The highest BCUT2D eigenvalue weighted by Gasteiger charge is 2.32. The first-order valence-electron chi connectivity index (χ1n) is 8.68. The lowest BCUT2D eigenvalue weighted by atomic mass is 10.1. The summed E-state index contributed by atoms with van der Waals surface area (Å²) in [5, 5.41) is 10.8. The van der Waals surface area contributed by atoms with Crippen LogP contribution in [0.5, 0.6) is 0 Å². The van der Waals surface area contributed by atoms with Gasteiger partial charge in [0.25, 0.3) is 0 Å². The number of alkyl halides is 3. The first-order chi connectivity index (χ1) is 11.5. The van der Waals surface area contributed by atoms with Crippen LogP contribution in [0.4, 0.5) is 18.9 Å². The highest BCUT2D eigenvalue weighted by Crippen LogP contribution is 2.34. The zero-order chi connectivity index (χ0) is 18.3. The van der Waals surface area contributed by atoms with Crippen molar-refractivity contribution in [3.05, 3.63) is 29.8 Å². The molecule has 0 spiro atoms. The molecule has 0 aromatic heterocycles. The first-order valence-corrected chi connectivity index (χ1v) is 8.68. The molecular weight excluding hydrogens is 317 g/mol. The standard InChI is InChI=1S/C10H23NO.C8H8F3N.H2/c1-2-3-4-5-6-7-8-9-10-11-12;1-12-7-5-3-2-4-6(7)8(9,10)11;/h11-12H,2-10H2,1H3;2-5,12H,1H3;1H. The van der Waals surface area contributed by atoms with Gasteiger partial charge in [-0.2, -0.15) is 13.2 Å². The van der Waals surface area contributed by atoms with E-state index < -0.39 is 11.7 Å². The Hall–Kier alpha value is -1.27. The molecule has 0 bridgehead atoms. The minimum absolute atomic E-state index is 0. The lowest BCUT2D eigenvalue weighted by molar-refractivity contribution is -0.136. The fraction of sp³-hybridized carbons (Fsp3) is 0.667. The average molecular weight is 350 g/mol. The van der Waals surface area contributed by atoms with Gasteiger partial charge in [-0.05, 0) is 18.6 Å². The van der Waals surface area contributed by atoms with Gasteiger partial charge < -0.3 is 10.5 Å². The van der Waals surface area contributed by atoms with E-state index in [1.807, 2.05) is 0 Å². The maximum Gasteiger partial charge on any atom is 0.418 e. The fourth-order valence-electron chi connectivity index (χ4n) is 2.29. The number of hydroxylamine groups is 1. The molecule has 0 aliphatic carbocycles. The topological polar surface area (TPSA) is 44.3 Å². The Bertz CT molecular complexity index is 408. The van der Waals surface area contributed by atoms with Crippen molar-refractivity contribution >= 4 is 5.69 Å². The van der Waals surface area contributed by atoms with Gasteiger partial charge in [-0.15, -0.1) is 0 Å². The maximum atomic E-state index is 12.2. The molecule has 24 heavy (non-hydrogen) atoms. The molecule has 3 N–H and O–H groups in total. The lowest BCUT2D eigenvalue weighted by Gasteiger charge is -2.11. The highest BCUT2D eigenvalue weighted by atomic mass is 19.4. The van der Waals surface area contributed by atoms with Gasteiger partial charge in [0.1, 0.15) is 0 Å². The van der Waals surface area contributed by atoms with Crippen molar-refractivity contribution in [1.82, 2.24) is 5.48 Å². The Morgan fingerprint density at radius 2 is 1.50 bits per heavy atom. The number of nitrogens with one attached hydrogen (secondary N) is 2. The van der Waals surface area contributed by atoms with Crippen LogP contribution in [0, 0.1) is 0 Å². The second kappa shape index (κ2) is 14.1. The van der Waals surface area contributed by atoms with Crippen LogP contribution in [0.3, 0.4) is 0 Å². The summed E-state index contributed by atoms with van der Waals surface area (Å²) in [7, 11) is 1.46. The molecule has 0 saturated heterocycles. The largest absolute Gasteiger partial charge is 0.418 e. The van der Waals surface area contributed by atoms with Crippen molar-refractivity contribution in [2.75, 3.05) is 18.9 Å². The molecule has 0 atom stereocenters. The lowest BCUT2D eigenvalue weighted by Crippen LogP contribution is -2.08. The smallest absolute Gasteiger partial charge is 0.388 e. The Balaban J connectivity index is 0. The number of halogens is 3. The van der Waals surface area contributed by atoms with Gasteiger partial charge in [0.2, 0.25) is 0 Å². The van der Waals surface area contributed by atoms with Crippen molar-refractivity contribution in [2.24, 2.45) is 0 Å². The molecule has 0 amide bonds. The predicted octanol–water partition coefficient (Wildman–Crippen LogP) is 6.10. The molecule has 0 aliphatic rings. The van der Waals surface area contributed by atoms with Gasteiger partial charge in [0.05, 0.1) is 5.56 Å². The molecular formula is C18H33F3N2O. The second-order valence-electron chi connectivity index (χ2n) is 5.68. The Morgan fingerprint density at radius 1 is 0.958 bits per heavy atom. The molecule has 0 radical (unpaired) electrons. The van der Waals surface area contributed by atoms with E-state index in [1.54, 1.807) is 6.07 Å². The van der Waals surface area contributed by atoms with Crippen LogP contribution in [0.15, 0.2) is 24.3 Å². The minimum atomic E-state index is -4.28.